The number of ether oxygens (including phenoxy) is 1. The topological polar surface area (TPSA) is 101 Å². The van der Waals surface area contributed by atoms with E-state index in [-0.39, 0.29) is 46.6 Å². The molecule has 8 unspecified atom stereocenters. The number of aliphatic hydroxyl groups is 1. The highest BCUT2D eigenvalue weighted by atomic mass is 33.3. The number of carbonyl (C=O) groups is 3. The number of carboxylic acid groups (broad SMARTS) is 1. The van der Waals surface area contributed by atoms with Crippen molar-refractivity contribution in [3.05, 3.63) is 180 Å². The van der Waals surface area contributed by atoms with Crippen molar-refractivity contribution < 1.29 is 29.3 Å². The van der Waals surface area contributed by atoms with Gasteiger partial charge in [0.1, 0.15) is 5.60 Å². The minimum absolute atomic E-state index is 0.139. The highest BCUT2D eigenvalue weighted by molar-refractivity contribution is 8.64. The maximum absolute atomic E-state index is 13.2. The maximum atomic E-state index is 13.2. The van der Waals surface area contributed by atoms with E-state index < -0.39 is 5.60 Å². The number of rotatable bonds is 17. The smallest absolute Gasteiger partial charge is 0.290 e. The fraction of sp³-hybridized carbons (Fsp3) is 0.468. The third kappa shape index (κ3) is 17.0. The fourth-order valence-electron chi connectivity index (χ4n) is 12.3. The third-order valence-electron chi connectivity index (χ3n) is 17.8. The van der Waals surface area contributed by atoms with Crippen LogP contribution in [0.25, 0.3) is 0 Å². The van der Waals surface area contributed by atoms with Crippen molar-refractivity contribution in [2.75, 3.05) is 13.2 Å². The second-order valence-electron chi connectivity index (χ2n) is 21.4. The van der Waals surface area contributed by atoms with Gasteiger partial charge in [-0.1, -0.05) is 180 Å². The Hall–Kier alpha value is -2.75. The number of aliphatic hydroxyl groups excluding tert-OH is 1. The van der Waals surface area contributed by atoms with Gasteiger partial charge in [0.15, 0.2) is 11.6 Å². The van der Waals surface area contributed by atoms with Crippen LogP contribution in [0.1, 0.15) is 136 Å². The Morgan fingerprint density at radius 2 is 0.975 bits per heavy atom. The highest BCUT2D eigenvalue weighted by Crippen LogP contribution is 2.60. The molecule has 8 atom stereocenters. The normalized spacial score (nSPS) is 22.2. The molecule has 0 amide bonds. The summed E-state index contributed by atoms with van der Waals surface area (Å²) in [4.78, 5) is 34.1. The van der Waals surface area contributed by atoms with E-state index >= 15 is 0 Å². The third-order valence-corrected chi connectivity index (χ3v) is 28.9. The lowest BCUT2D eigenvalue weighted by Crippen LogP contribution is -2.38. The molecule has 7 rings (SSSR count). The van der Waals surface area contributed by atoms with E-state index in [0.717, 1.165) is 72.8 Å². The summed E-state index contributed by atoms with van der Waals surface area (Å²) in [5, 5.41) is 16.3. The summed E-state index contributed by atoms with van der Waals surface area (Å²) in [6.45, 7) is 35.6. The van der Waals surface area contributed by atoms with Crippen molar-refractivity contribution in [3.63, 3.8) is 0 Å². The molecule has 3 aromatic rings. The standard InChI is InChI=1S/C40H46O2.C21H32O2.CH2O2.S6.S5/c1-7-38(6,31(4)32(5)39-25-23-29(2)30(3)37(39)36(41)24-26-39)27-28-42-40(33-17-11-8-12-18-33,34-19-13-9-14-20-34)35-21-15-10-16-22-35;1-7-20(6,12-13-22)16(4)17(5)21-10-8-14(2)15(3)19(21)18(23)9-11-21;2-1-3;1-3-5-6-4-2;1-3-5-4-2/h7-22,29,31H,1,5,23-28H2,2-4,6H3;7,14,16,22H,1,5,8-13H2,2-4,6H3;1H,(H,2,3);;. The zero-order chi connectivity index (χ0) is 59.0. The molecule has 79 heavy (non-hydrogen) atoms. The van der Waals surface area contributed by atoms with Gasteiger partial charge in [-0.25, -0.2) is 0 Å². The average molecular weight is 1270 g/mol. The molecule has 4 aliphatic rings. The number of benzene rings is 3. The molecule has 0 aromatic heterocycles. The van der Waals surface area contributed by atoms with Crippen molar-refractivity contribution in [1.82, 2.24) is 0 Å². The van der Waals surface area contributed by atoms with E-state index in [1.54, 1.807) is 0 Å². The minimum Gasteiger partial charge on any atom is -0.483 e. The van der Waals surface area contributed by atoms with Gasteiger partial charge in [0, 0.05) is 155 Å². The summed E-state index contributed by atoms with van der Waals surface area (Å²) < 4.78 is 7.15. The van der Waals surface area contributed by atoms with Gasteiger partial charge in [0.25, 0.3) is 6.47 Å². The molecule has 2 saturated carbocycles. The van der Waals surface area contributed by atoms with Crippen LogP contribution in [0.3, 0.4) is 0 Å². The molecule has 0 aliphatic heterocycles. The van der Waals surface area contributed by atoms with Gasteiger partial charge in [-0.05, 0) is 116 Å². The van der Waals surface area contributed by atoms with E-state index in [4.69, 9.17) is 21.2 Å². The van der Waals surface area contributed by atoms with Crippen LogP contribution in [0.4, 0.5) is 0 Å². The predicted octanol–water partition coefficient (Wildman–Crippen LogP) is 14.4. The quantitative estimate of drug-likeness (QED) is 0.0772. The molecular weight excluding hydrogens is 1190 g/mol. The zero-order valence-corrected chi connectivity index (χ0v) is 56.0. The van der Waals surface area contributed by atoms with Crippen molar-refractivity contribution in [3.8, 4) is 0 Å². The number of hydrogen-bond acceptors (Lipinski definition) is 9. The van der Waals surface area contributed by atoms with Crippen LogP contribution in [0.15, 0.2) is 163 Å². The van der Waals surface area contributed by atoms with Gasteiger partial charge < -0.3 is 14.9 Å². The second kappa shape index (κ2) is 34.1. The zero-order valence-electron chi connectivity index (χ0n) is 47.0. The van der Waals surface area contributed by atoms with Gasteiger partial charge in [-0.3, -0.25) is 14.4 Å². The molecule has 0 saturated heterocycles. The second-order valence-corrected chi connectivity index (χ2v) is 33.7. The summed E-state index contributed by atoms with van der Waals surface area (Å²) in [5.41, 5.74) is 8.79. The van der Waals surface area contributed by atoms with Crippen LogP contribution >= 0.6 is 0 Å². The Morgan fingerprint density at radius 1 is 0.646 bits per heavy atom. The van der Waals surface area contributed by atoms with Crippen molar-refractivity contribution >= 4 is 125 Å². The summed E-state index contributed by atoms with van der Waals surface area (Å²) in [7, 11) is 9.58. The van der Waals surface area contributed by atoms with E-state index in [1.165, 1.54) is 84.5 Å². The van der Waals surface area contributed by atoms with Crippen LogP contribution < -0.4 is 0 Å². The van der Waals surface area contributed by atoms with Crippen molar-refractivity contribution in [1.29, 1.82) is 0 Å². The summed E-state index contributed by atoms with van der Waals surface area (Å²) in [5.74, 6) is 1.93. The molecule has 6 nitrogen and oxygen atoms in total. The number of allylic oxidation sites excluding steroid dienone is 8. The highest BCUT2D eigenvalue weighted by Gasteiger charge is 2.53. The van der Waals surface area contributed by atoms with Gasteiger partial charge in [0.2, 0.25) is 0 Å². The van der Waals surface area contributed by atoms with Gasteiger partial charge in [-0.2, -0.15) is 0 Å². The monoisotopic (exact) mass is 1270 g/mol. The molecule has 430 valence electrons. The number of hydrogen-bond donors (Lipinski definition) is 2. The summed E-state index contributed by atoms with van der Waals surface area (Å²) in [6.07, 6.45) is 12.8. The maximum Gasteiger partial charge on any atom is 0.290 e. The molecule has 3 aromatic carbocycles. The Kier molecular flexibility index (Phi) is 30.5. The van der Waals surface area contributed by atoms with E-state index in [1.807, 2.05) is 6.08 Å². The summed E-state index contributed by atoms with van der Waals surface area (Å²) >= 11 is 17.9. The van der Waals surface area contributed by atoms with Crippen molar-refractivity contribution in [2.45, 2.75) is 125 Å². The van der Waals surface area contributed by atoms with E-state index in [2.05, 4.69) is 217 Å². The van der Waals surface area contributed by atoms with Crippen LogP contribution in [0, 0.1) is 45.3 Å². The number of Topliss-reactive ketones (excluding diaryl/α,β-unsaturated/α-hetero) is 2. The first-order valence-electron chi connectivity index (χ1n) is 26.5. The molecule has 0 spiro atoms. The Morgan fingerprint density at radius 3 is 1.27 bits per heavy atom. The van der Waals surface area contributed by atoms with Crippen LogP contribution in [0.2, 0.25) is 0 Å². The summed E-state index contributed by atoms with van der Waals surface area (Å²) in [6, 6.07) is 31.6. The fourth-order valence-corrected chi connectivity index (χ4v) is 20.5. The number of fused-ring (bicyclic) bond motifs is 2. The van der Waals surface area contributed by atoms with Crippen LogP contribution in [-0.2, 0) is 132 Å². The SMILES string of the molecule is C=CC(C)(CCO)C(C)C(=C)C12CCC(=O)C1=C(C)C(C)CC2.C=CC(C)(CCOC(c1ccccc1)(c1ccccc1)c1ccccc1)C(C)C(=C)C12CCC(=O)C1=C(C)C(C)CC2.O=CO.S=S=S=S=S.S=S=S=S=S=S. The molecular formula is C62H80O6S11. The first kappa shape index (κ1) is 70.5. The Balaban J connectivity index is 0.000000369. The number of carbonyl (C=O) groups excluding carboxylic acids is 2. The van der Waals surface area contributed by atoms with E-state index in [9.17, 15) is 14.7 Å². The van der Waals surface area contributed by atoms with Gasteiger partial charge in [0.05, 0.1) is 0 Å². The van der Waals surface area contributed by atoms with Crippen LogP contribution in [0.5, 0.6) is 0 Å². The molecule has 2 N–H and O–H groups in total. The average Bonchev–Trinajstić information content (AvgIpc) is 4.24. The molecule has 0 heterocycles. The van der Waals surface area contributed by atoms with Gasteiger partial charge >= 0.3 is 0 Å². The Labute approximate surface area is 512 Å². The van der Waals surface area contributed by atoms with Crippen LogP contribution in [-0.4, -0.2) is 41.5 Å². The molecule has 0 radical (unpaired) electrons. The first-order chi connectivity index (χ1) is 37.7. The predicted molar refractivity (Wildman–Crippen MR) is 360 cm³/mol. The minimum atomic E-state index is -0.755. The lowest BCUT2D eigenvalue weighted by atomic mass is 9.58. The first-order valence-corrected chi connectivity index (χ1v) is 38.5. The van der Waals surface area contributed by atoms with E-state index in [0.29, 0.717) is 49.3 Å². The Bertz CT molecular complexity index is 2880. The lowest BCUT2D eigenvalue weighted by Gasteiger charge is -2.46. The lowest BCUT2D eigenvalue weighted by molar-refractivity contribution is -0.123. The molecule has 4 aliphatic carbocycles. The van der Waals surface area contributed by atoms with Gasteiger partial charge in [-0.15, -0.1) is 13.2 Å². The van der Waals surface area contributed by atoms with Crippen molar-refractivity contribution in [2.24, 2.45) is 45.3 Å². The largest absolute Gasteiger partial charge is 0.483 e. The molecule has 0 bridgehead atoms. The molecule has 2 fully saturated rings. The number of ketones is 2. The molecule has 17 heteroatoms.